The van der Waals surface area contributed by atoms with Crippen molar-refractivity contribution >= 4 is 11.7 Å². The lowest BCUT2D eigenvalue weighted by atomic mass is 10.2. The van der Waals surface area contributed by atoms with Crippen molar-refractivity contribution in [1.29, 1.82) is 0 Å². The number of nitrogens with zero attached hydrogens (tertiary/aromatic N) is 2. The molecule has 6 nitrogen and oxygen atoms in total. The number of halogens is 3. The maximum atomic E-state index is 12.6. The Morgan fingerprint density at radius 1 is 1.18 bits per heavy atom. The van der Waals surface area contributed by atoms with Crippen LogP contribution in [0.3, 0.4) is 0 Å². The maximum absolute atomic E-state index is 12.6. The Kier molecular flexibility index (Phi) is 6.35. The highest BCUT2D eigenvalue weighted by Crippen LogP contribution is 2.20. The van der Waals surface area contributed by atoms with Crippen LogP contribution in [0.25, 0.3) is 0 Å². The number of pyridine rings is 1. The third-order valence-corrected chi connectivity index (χ3v) is 4.12. The summed E-state index contributed by atoms with van der Waals surface area (Å²) in [5.74, 6) is 0.459. The number of benzene rings is 1. The second kappa shape index (κ2) is 8.92. The van der Waals surface area contributed by atoms with Gasteiger partial charge in [-0.1, -0.05) is 12.1 Å². The Hall–Kier alpha value is -2.81. The van der Waals surface area contributed by atoms with Crippen LogP contribution >= 0.6 is 0 Å². The monoisotopic (exact) mass is 395 g/mol. The average Bonchev–Trinajstić information content (AvgIpc) is 2.71. The number of amides is 1. The molecule has 1 aliphatic rings. The highest BCUT2D eigenvalue weighted by atomic mass is 19.4. The zero-order valence-corrected chi connectivity index (χ0v) is 15.0. The van der Waals surface area contributed by atoms with Gasteiger partial charge in [0.25, 0.3) is 5.91 Å². The van der Waals surface area contributed by atoms with Gasteiger partial charge in [-0.05, 0) is 29.8 Å². The van der Waals surface area contributed by atoms with Crippen LogP contribution in [-0.2, 0) is 11.3 Å². The lowest BCUT2D eigenvalue weighted by molar-refractivity contribution is -0.153. The third-order valence-electron chi connectivity index (χ3n) is 4.12. The van der Waals surface area contributed by atoms with Crippen molar-refractivity contribution in [3.05, 3.63) is 53.7 Å². The molecule has 3 rings (SSSR count). The summed E-state index contributed by atoms with van der Waals surface area (Å²) in [6, 6.07) is 9.51. The minimum absolute atomic E-state index is 0.120. The average molecular weight is 395 g/mol. The van der Waals surface area contributed by atoms with Crippen LogP contribution in [0.4, 0.5) is 19.0 Å². The molecule has 2 heterocycles. The Labute approximate surface area is 160 Å². The first-order valence-electron chi connectivity index (χ1n) is 8.77. The van der Waals surface area contributed by atoms with Crippen LogP contribution in [0, 0.1) is 0 Å². The van der Waals surface area contributed by atoms with Crippen LogP contribution in [0.2, 0.25) is 0 Å². The van der Waals surface area contributed by atoms with Gasteiger partial charge in [0.1, 0.15) is 11.6 Å². The highest BCUT2D eigenvalue weighted by molar-refractivity contribution is 5.98. The molecule has 0 unspecified atom stereocenters. The van der Waals surface area contributed by atoms with Gasteiger partial charge in [-0.25, -0.2) is 4.98 Å². The largest absolute Gasteiger partial charge is 0.484 e. The van der Waals surface area contributed by atoms with E-state index in [9.17, 15) is 18.0 Å². The van der Waals surface area contributed by atoms with E-state index in [1.165, 1.54) is 12.1 Å². The SMILES string of the molecule is O=C(NCc1ccc(OCC(F)(F)F)cc1)c1cccnc1N1CCOCC1. The number of rotatable bonds is 6. The van der Waals surface area contributed by atoms with E-state index in [-0.39, 0.29) is 18.2 Å². The molecule has 1 aromatic carbocycles. The molecule has 0 aliphatic carbocycles. The summed E-state index contributed by atoms with van der Waals surface area (Å²) in [5.41, 5.74) is 1.21. The van der Waals surface area contributed by atoms with Gasteiger partial charge in [0.05, 0.1) is 18.8 Å². The molecule has 1 fully saturated rings. The van der Waals surface area contributed by atoms with Crippen molar-refractivity contribution in [2.45, 2.75) is 12.7 Å². The van der Waals surface area contributed by atoms with E-state index < -0.39 is 12.8 Å². The smallest absolute Gasteiger partial charge is 0.422 e. The fourth-order valence-electron chi connectivity index (χ4n) is 2.75. The van der Waals surface area contributed by atoms with Gasteiger partial charge in [0.15, 0.2) is 6.61 Å². The van der Waals surface area contributed by atoms with Crippen LogP contribution in [-0.4, -0.2) is 50.0 Å². The number of morpholine rings is 1. The van der Waals surface area contributed by atoms with Crippen molar-refractivity contribution < 1.29 is 27.4 Å². The predicted molar refractivity (Wildman–Crippen MR) is 96.4 cm³/mol. The van der Waals surface area contributed by atoms with Gasteiger partial charge < -0.3 is 19.7 Å². The van der Waals surface area contributed by atoms with Gasteiger partial charge in [0.2, 0.25) is 0 Å². The molecule has 28 heavy (non-hydrogen) atoms. The Morgan fingerprint density at radius 2 is 1.89 bits per heavy atom. The molecule has 2 aromatic rings. The van der Waals surface area contributed by atoms with E-state index in [4.69, 9.17) is 4.74 Å². The summed E-state index contributed by atoms with van der Waals surface area (Å²) in [4.78, 5) is 18.9. The summed E-state index contributed by atoms with van der Waals surface area (Å²) in [7, 11) is 0. The molecular formula is C19H20F3N3O3. The fourth-order valence-corrected chi connectivity index (χ4v) is 2.75. The third kappa shape index (κ3) is 5.59. The molecule has 0 saturated carbocycles. The number of hydrogen-bond acceptors (Lipinski definition) is 5. The lowest BCUT2D eigenvalue weighted by Crippen LogP contribution is -2.38. The second-order valence-corrected chi connectivity index (χ2v) is 6.20. The van der Waals surface area contributed by atoms with Crippen LogP contribution in [0.5, 0.6) is 5.75 Å². The summed E-state index contributed by atoms with van der Waals surface area (Å²) in [5, 5.41) is 2.81. The molecule has 1 aliphatic heterocycles. The standard InChI is InChI=1S/C19H20F3N3O3/c20-19(21,22)13-28-15-5-3-14(4-6-15)12-24-18(26)16-2-1-7-23-17(16)25-8-10-27-11-9-25/h1-7H,8-13H2,(H,24,26). The number of hydrogen-bond donors (Lipinski definition) is 1. The zero-order chi connectivity index (χ0) is 20.0. The van der Waals surface area contributed by atoms with E-state index >= 15 is 0 Å². The number of ether oxygens (including phenoxy) is 2. The quantitative estimate of drug-likeness (QED) is 0.815. The minimum Gasteiger partial charge on any atom is -0.484 e. The van der Waals surface area contributed by atoms with Crippen LogP contribution in [0.15, 0.2) is 42.6 Å². The number of alkyl halides is 3. The predicted octanol–water partition coefficient (Wildman–Crippen LogP) is 2.79. The first kappa shape index (κ1) is 19.9. The molecule has 1 saturated heterocycles. The number of aromatic nitrogens is 1. The molecule has 0 radical (unpaired) electrons. The van der Waals surface area contributed by atoms with Gasteiger partial charge in [-0.2, -0.15) is 13.2 Å². The molecule has 1 N–H and O–H groups in total. The lowest BCUT2D eigenvalue weighted by Gasteiger charge is -2.29. The number of anilines is 1. The molecule has 0 spiro atoms. The number of carbonyl (C=O) groups is 1. The van der Waals surface area contributed by atoms with E-state index in [0.717, 1.165) is 5.56 Å². The molecule has 9 heteroatoms. The molecule has 0 bridgehead atoms. The first-order valence-corrected chi connectivity index (χ1v) is 8.77. The molecule has 0 atom stereocenters. The first-order chi connectivity index (χ1) is 13.4. The summed E-state index contributed by atoms with van der Waals surface area (Å²) >= 11 is 0. The van der Waals surface area contributed by atoms with Gasteiger partial charge >= 0.3 is 6.18 Å². The normalized spacial score (nSPS) is 14.6. The molecule has 150 valence electrons. The Morgan fingerprint density at radius 3 is 2.57 bits per heavy atom. The second-order valence-electron chi connectivity index (χ2n) is 6.20. The van der Waals surface area contributed by atoms with Crippen LogP contribution < -0.4 is 15.0 Å². The number of carbonyl (C=O) groups excluding carboxylic acids is 1. The summed E-state index contributed by atoms with van der Waals surface area (Å²) < 4.78 is 46.5. The van der Waals surface area contributed by atoms with Crippen molar-refractivity contribution in [2.24, 2.45) is 0 Å². The van der Waals surface area contributed by atoms with Crippen molar-refractivity contribution in [3.8, 4) is 5.75 Å². The molecular weight excluding hydrogens is 375 g/mol. The minimum atomic E-state index is -4.38. The Balaban J connectivity index is 1.58. The van der Waals surface area contributed by atoms with Gasteiger partial charge in [0, 0.05) is 25.8 Å². The van der Waals surface area contributed by atoms with Gasteiger partial charge in [-0.15, -0.1) is 0 Å². The van der Waals surface area contributed by atoms with E-state index in [1.807, 2.05) is 4.90 Å². The van der Waals surface area contributed by atoms with E-state index in [1.54, 1.807) is 30.5 Å². The maximum Gasteiger partial charge on any atom is 0.422 e. The summed E-state index contributed by atoms with van der Waals surface area (Å²) in [6.45, 7) is 1.39. The van der Waals surface area contributed by atoms with Crippen molar-refractivity contribution in [2.75, 3.05) is 37.8 Å². The Bertz CT molecular complexity index is 791. The van der Waals surface area contributed by atoms with Crippen LogP contribution in [0.1, 0.15) is 15.9 Å². The van der Waals surface area contributed by atoms with Gasteiger partial charge in [-0.3, -0.25) is 4.79 Å². The zero-order valence-electron chi connectivity index (χ0n) is 15.0. The number of nitrogens with one attached hydrogen (secondary N) is 1. The summed E-state index contributed by atoms with van der Waals surface area (Å²) in [6.07, 6.45) is -2.74. The highest BCUT2D eigenvalue weighted by Gasteiger charge is 2.28. The topological polar surface area (TPSA) is 63.7 Å². The van der Waals surface area contributed by atoms with E-state index in [2.05, 4.69) is 15.0 Å². The van der Waals surface area contributed by atoms with E-state index in [0.29, 0.717) is 37.7 Å². The van der Waals surface area contributed by atoms with Crippen molar-refractivity contribution in [3.63, 3.8) is 0 Å². The van der Waals surface area contributed by atoms with Crippen molar-refractivity contribution in [1.82, 2.24) is 10.3 Å². The molecule has 1 aromatic heterocycles. The fraction of sp³-hybridized carbons (Fsp3) is 0.368. The molecule has 1 amide bonds.